The smallest absolute Gasteiger partial charge is 0.416 e. The van der Waals surface area contributed by atoms with Gasteiger partial charge < -0.3 is 39.1 Å². The predicted octanol–water partition coefficient (Wildman–Crippen LogP) is 8.51. The summed E-state index contributed by atoms with van der Waals surface area (Å²) in [5, 5.41) is 29.7. The number of nitrogens with one attached hydrogen (secondary N) is 1. The van der Waals surface area contributed by atoms with Gasteiger partial charge in [0.25, 0.3) is 5.69 Å². The van der Waals surface area contributed by atoms with Gasteiger partial charge in [-0.1, -0.05) is 48.3 Å². The number of anilines is 1. The maximum Gasteiger partial charge on any atom is 0.416 e. The maximum atomic E-state index is 12.7. The number of nitrogens with zero attached hydrogens (tertiary/aromatic N) is 2. The zero-order valence-electron chi connectivity index (χ0n) is 42.7. The number of nitro benzene ring substituents is 1. The van der Waals surface area contributed by atoms with Crippen LogP contribution in [0.3, 0.4) is 0 Å². The van der Waals surface area contributed by atoms with Crippen LogP contribution in [0.5, 0.6) is 11.5 Å². The highest BCUT2D eigenvalue weighted by Crippen LogP contribution is 2.38. The fraction of sp³-hybridized carbons (Fsp3) is 0.367. The first-order chi connectivity index (χ1) is 36.6. The van der Waals surface area contributed by atoms with E-state index in [-0.39, 0.29) is 62.7 Å². The molecular formula is C49H54Cl3F3N3O19PS. The third-order valence-electron chi connectivity index (χ3n) is 10.7. The van der Waals surface area contributed by atoms with Crippen LogP contribution in [0.25, 0.3) is 0 Å². The fourth-order valence-electron chi connectivity index (χ4n) is 6.97. The average Bonchev–Trinajstić information content (AvgIpc) is 3.34. The molecule has 0 bridgehead atoms. The number of rotatable bonds is 19. The number of carboxylic acid groups (broad SMARTS) is 2. The van der Waals surface area contributed by atoms with Gasteiger partial charge in [0.1, 0.15) is 23.3 Å². The van der Waals surface area contributed by atoms with E-state index in [0.29, 0.717) is 19.1 Å². The number of carboxylic acids is 2. The summed E-state index contributed by atoms with van der Waals surface area (Å²) < 4.78 is 86.3. The van der Waals surface area contributed by atoms with Gasteiger partial charge in [-0.15, -0.1) is 11.6 Å². The Bertz CT molecular complexity index is 3050. The van der Waals surface area contributed by atoms with E-state index in [1.54, 1.807) is 12.0 Å². The van der Waals surface area contributed by atoms with E-state index in [0.717, 1.165) is 72.8 Å². The third-order valence-corrected chi connectivity index (χ3v) is 13.3. The molecular weight excluding hydrogens is 1160 g/mol. The van der Waals surface area contributed by atoms with Crippen LogP contribution in [0, 0.1) is 23.0 Å². The van der Waals surface area contributed by atoms with Crippen molar-refractivity contribution < 1.29 is 98.8 Å². The second-order valence-corrected chi connectivity index (χ2v) is 21.6. The molecule has 1 amide bonds. The average molecular weight is 1220 g/mol. The molecule has 0 radical (unpaired) electrons. The molecule has 0 saturated heterocycles. The van der Waals surface area contributed by atoms with Gasteiger partial charge >= 0.3 is 31.7 Å². The van der Waals surface area contributed by atoms with Gasteiger partial charge in [-0.25, -0.2) is 18.0 Å². The minimum absolute atomic E-state index is 0.0223. The quantitative estimate of drug-likeness (QED) is 0.0112. The lowest BCUT2D eigenvalue weighted by Crippen LogP contribution is -2.43. The molecule has 22 nitrogen and oxygen atoms in total. The van der Waals surface area contributed by atoms with Crippen molar-refractivity contribution in [2.75, 3.05) is 43.6 Å². The molecule has 1 unspecified atom stereocenters. The van der Waals surface area contributed by atoms with E-state index in [2.05, 4.69) is 18.3 Å². The number of Topliss-reactive ketones (excluding diaryl/α,β-unsaturated/α-hetero) is 3. The van der Waals surface area contributed by atoms with Crippen molar-refractivity contribution in [3.63, 3.8) is 0 Å². The largest absolute Gasteiger partial charge is 0.480 e. The standard InChI is InChI=1S/C17H11Cl2F3O5.C15H22ClNO2.C14H13NO7S.C3H8NO5P/c1-8(15(23)24)26-16(25)11-7-10(3-4-12(11)18)27-14-5-2-9(6-13(14)19)17(20,21)22;1-5-13-8-6-7-11(2)15(13)17(14(18)9-16)12(3)10-19-4;1-23(21,22)8-5-6-9(10(7-8)15(19)20)14(18)13-11(16)3-2-4-12(13)17;5-3(6)1-4-2-10(7,8)9/h2-8H,1H3,(H,23,24);6-8,12H,5,9-10H2,1-4H3;5-7,13H,2-4H2,1H3;4H,1-2H2,(H,5,6)(H2,7,8,9)/t8-;;;/m0.../s1. The number of aryl methyl sites for hydroxylation is 2. The number of sulfone groups is 1. The number of aliphatic carboxylic acids is 2. The van der Waals surface area contributed by atoms with Crippen molar-refractivity contribution in [3.05, 3.63) is 121 Å². The first-order valence-corrected chi connectivity index (χ1v) is 27.9. The molecule has 1 saturated carbocycles. The molecule has 5 N–H and O–H groups in total. The Kier molecular flexibility index (Phi) is 26.9. The lowest BCUT2D eigenvalue weighted by Gasteiger charge is -2.31. The molecule has 79 heavy (non-hydrogen) atoms. The molecule has 0 spiro atoms. The van der Waals surface area contributed by atoms with Crippen molar-refractivity contribution in [1.29, 1.82) is 0 Å². The van der Waals surface area contributed by atoms with E-state index in [1.807, 2.05) is 26.0 Å². The monoisotopic (exact) mass is 1210 g/mol. The van der Waals surface area contributed by atoms with Gasteiger partial charge in [0.15, 0.2) is 33.3 Å². The van der Waals surface area contributed by atoms with E-state index in [9.17, 15) is 69.8 Å². The second kappa shape index (κ2) is 30.9. The van der Waals surface area contributed by atoms with E-state index in [1.165, 1.54) is 12.1 Å². The number of halogens is 6. The number of alkyl halides is 4. The van der Waals surface area contributed by atoms with Crippen LogP contribution in [0.2, 0.25) is 10.0 Å². The van der Waals surface area contributed by atoms with E-state index in [4.69, 9.17) is 69.0 Å². The molecule has 0 heterocycles. The number of hydrogen-bond acceptors (Lipinski definition) is 16. The van der Waals surface area contributed by atoms with Crippen LogP contribution >= 0.6 is 42.4 Å². The molecule has 0 aliphatic heterocycles. The van der Waals surface area contributed by atoms with Crippen LogP contribution in [0.1, 0.15) is 77.4 Å². The van der Waals surface area contributed by atoms with Crippen molar-refractivity contribution in [2.24, 2.45) is 5.92 Å². The molecule has 4 aromatic carbocycles. The molecule has 0 aromatic heterocycles. The van der Waals surface area contributed by atoms with Crippen molar-refractivity contribution in [1.82, 2.24) is 5.32 Å². The van der Waals surface area contributed by atoms with Crippen LogP contribution in [-0.2, 0) is 60.4 Å². The van der Waals surface area contributed by atoms with E-state index < -0.39 is 105 Å². The summed E-state index contributed by atoms with van der Waals surface area (Å²) in [6.07, 6.45) is -4.31. The molecule has 432 valence electrons. The fourth-order valence-corrected chi connectivity index (χ4v) is 8.56. The van der Waals surface area contributed by atoms with Gasteiger partial charge in [0, 0.05) is 32.3 Å². The number of amides is 1. The number of carbonyl (C=O) groups is 7. The Balaban J connectivity index is 0.000000377. The third kappa shape index (κ3) is 21.7. The highest BCUT2D eigenvalue weighted by atomic mass is 35.5. The highest BCUT2D eigenvalue weighted by molar-refractivity contribution is 7.90. The van der Waals surface area contributed by atoms with Gasteiger partial charge in [0.05, 0.1) is 67.7 Å². The normalized spacial score (nSPS) is 13.4. The second-order valence-electron chi connectivity index (χ2n) is 16.8. The summed E-state index contributed by atoms with van der Waals surface area (Å²) in [6.45, 7) is 7.28. The molecule has 1 aliphatic rings. The Morgan fingerprint density at radius 2 is 1.56 bits per heavy atom. The minimum atomic E-state index is -4.56. The number of benzene rings is 4. The Hall–Kier alpha value is -6.35. The number of hydrogen-bond donors (Lipinski definition) is 5. The van der Waals surface area contributed by atoms with Crippen LogP contribution < -0.4 is 15.0 Å². The van der Waals surface area contributed by atoms with Crippen molar-refractivity contribution >= 4 is 105 Å². The summed E-state index contributed by atoms with van der Waals surface area (Å²) in [6, 6.07) is 15.2. The summed E-state index contributed by atoms with van der Waals surface area (Å²) in [7, 11) is -6.16. The lowest BCUT2D eigenvalue weighted by molar-refractivity contribution is -0.385. The van der Waals surface area contributed by atoms with Gasteiger partial charge in [-0.05, 0) is 93.3 Å². The zero-order valence-corrected chi connectivity index (χ0v) is 46.7. The van der Waals surface area contributed by atoms with Crippen LogP contribution in [-0.4, -0.2) is 125 Å². The zero-order chi connectivity index (χ0) is 60.3. The maximum absolute atomic E-state index is 12.7. The number of para-hydroxylation sites is 1. The van der Waals surface area contributed by atoms with Gasteiger partial charge in [0.2, 0.25) is 5.91 Å². The summed E-state index contributed by atoms with van der Waals surface area (Å²) >= 11 is 17.5. The number of methoxy groups -OCH3 is 1. The molecule has 2 atom stereocenters. The summed E-state index contributed by atoms with van der Waals surface area (Å²) in [5.41, 5.74) is 0.927. The number of ketones is 3. The minimum Gasteiger partial charge on any atom is -0.480 e. The molecule has 1 aliphatic carbocycles. The van der Waals surface area contributed by atoms with Crippen molar-refractivity contribution in [2.45, 2.75) is 76.6 Å². The lowest BCUT2D eigenvalue weighted by atomic mass is 9.81. The first-order valence-electron chi connectivity index (χ1n) is 22.9. The number of esters is 1. The Morgan fingerprint density at radius 1 is 0.937 bits per heavy atom. The number of ether oxygens (including phenoxy) is 3. The SMILES string of the molecule is CCc1cccc(C)c1N(C(=O)CCl)C(C)COC.CS(=O)(=O)c1ccc(C(=O)C2C(=O)CCCC2=O)c([N+](=O)[O-])c1.C[C@H](OC(=O)c1cc(Oc2ccc(C(F)(F)F)cc2Cl)ccc1Cl)C(=O)O.O=C(O)CNCP(=O)(O)O. The van der Waals surface area contributed by atoms with Gasteiger partial charge in [-0.3, -0.25) is 44.0 Å². The highest BCUT2D eigenvalue weighted by Gasteiger charge is 2.39. The van der Waals surface area contributed by atoms with Crippen LogP contribution in [0.15, 0.2) is 77.7 Å². The Labute approximate surface area is 465 Å². The summed E-state index contributed by atoms with van der Waals surface area (Å²) in [5.74, 6) is -7.25. The molecule has 4 aromatic rings. The first kappa shape index (κ1) is 68.8. The molecule has 1 fully saturated rings. The van der Waals surface area contributed by atoms with E-state index >= 15 is 0 Å². The molecule has 5 rings (SSSR count). The molecule has 30 heteroatoms. The topological polar surface area (TPSA) is 338 Å². The Morgan fingerprint density at radius 3 is 2.05 bits per heavy atom. The predicted molar refractivity (Wildman–Crippen MR) is 281 cm³/mol. The van der Waals surface area contributed by atoms with Crippen molar-refractivity contribution in [3.8, 4) is 11.5 Å². The number of nitro groups is 1. The van der Waals surface area contributed by atoms with Gasteiger partial charge in [-0.2, -0.15) is 13.2 Å². The van der Waals surface area contributed by atoms with Crippen LogP contribution in [0.4, 0.5) is 24.5 Å². The summed E-state index contributed by atoms with van der Waals surface area (Å²) in [4.78, 5) is 109. The number of carbonyl (C=O) groups excluding carboxylic acids is 5.